The Bertz CT molecular complexity index is 1300. The third-order valence-corrected chi connectivity index (χ3v) is 5.81. The smallest absolute Gasteiger partial charge is 0.292 e. The topological polar surface area (TPSA) is 96.7 Å². The second-order valence-corrected chi connectivity index (χ2v) is 7.65. The molecule has 1 aromatic carbocycles. The average Bonchev–Trinajstić information content (AvgIpc) is 3.51. The van der Waals surface area contributed by atoms with Gasteiger partial charge in [-0.25, -0.2) is 4.98 Å². The lowest BCUT2D eigenvalue weighted by atomic mass is 10.1. The average molecular weight is 415 g/mol. The van der Waals surface area contributed by atoms with Gasteiger partial charge in [0.25, 0.3) is 5.91 Å². The Balaban J connectivity index is 1.39. The number of pyridine rings is 1. The van der Waals surface area contributed by atoms with E-state index >= 15 is 0 Å². The number of hydrogen-bond acceptors (Lipinski definition) is 6. The third-order valence-electron chi connectivity index (χ3n) is 4.76. The molecule has 0 saturated carbocycles. The quantitative estimate of drug-likeness (QED) is 0.413. The summed E-state index contributed by atoms with van der Waals surface area (Å²) in [6.45, 7) is 2.02. The van der Waals surface area contributed by atoms with Crippen molar-refractivity contribution in [2.75, 3.05) is 5.32 Å². The van der Waals surface area contributed by atoms with Gasteiger partial charge in [0.15, 0.2) is 22.3 Å². The van der Waals surface area contributed by atoms with Gasteiger partial charge in [-0.3, -0.25) is 14.9 Å². The summed E-state index contributed by atoms with van der Waals surface area (Å²) in [6, 6.07) is 15.1. The fraction of sp³-hybridized carbons (Fsp3) is 0.0909. The Labute approximate surface area is 175 Å². The number of hydrogen-bond donors (Lipinski definition) is 2. The van der Waals surface area contributed by atoms with Gasteiger partial charge in [0.05, 0.1) is 15.9 Å². The lowest BCUT2D eigenvalue weighted by Gasteiger charge is -2.04. The number of nitrogens with zero attached hydrogens (tertiary/aromatic N) is 3. The van der Waals surface area contributed by atoms with Crippen LogP contribution >= 0.6 is 11.3 Å². The standard InChI is InChI=1S/C22H17N5O2S/c1-2-14-19(13-9-11-23-12-10-13)26-27-20(14)25-21(28)16-7-8-17(29-16)22-24-15-5-3-4-6-18(15)30-22/h3-12H,2H2,1H3,(H2,25,26,27,28). The summed E-state index contributed by atoms with van der Waals surface area (Å²) in [6.07, 6.45) is 4.15. The molecule has 0 bridgehead atoms. The molecule has 0 unspecified atom stereocenters. The first-order chi connectivity index (χ1) is 14.7. The van der Waals surface area contributed by atoms with Gasteiger partial charge in [-0.05, 0) is 42.8 Å². The minimum absolute atomic E-state index is 0.208. The number of benzene rings is 1. The molecule has 0 radical (unpaired) electrons. The van der Waals surface area contributed by atoms with Crippen molar-refractivity contribution in [1.82, 2.24) is 20.2 Å². The summed E-state index contributed by atoms with van der Waals surface area (Å²) < 4.78 is 6.86. The van der Waals surface area contributed by atoms with Crippen LogP contribution in [0.3, 0.4) is 0 Å². The van der Waals surface area contributed by atoms with Crippen LogP contribution in [0.25, 0.3) is 32.2 Å². The van der Waals surface area contributed by atoms with E-state index in [1.165, 1.54) is 11.3 Å². The van der Waals surface area contributed by atoms with E-state index < -0.39 is 0 Å². The molecule has 0 aliphatic carbocycles. The second kappa shape index (κ2) is 7.57. The van der Waals surface area contributed by atoms with Crippen molar-refractivity contribution < 1.29 is 9.21 Å². The first kappa shape index (κ1) is 18.3. The van der Waals surface area contributed by atoms with Crippen molar-refractivity contribution >= 4 is 33.3 Å². The summed E-state index contributed by atoms with van der Waals surface area (Å²) in [5.41, 5.74) is 3.66. The molecular weight excluding hydrogens is 398 g/mol. The molecule has 4 aromatic heterocycles. The molecule has 0 saturated heterocycles. The van der Waals surface area contributed by atoms with Crippen LogP contribution in [0.15, 0.2) is 65.3 Å². The minimum Gasteiger partial charge on any atom is -0.448 e. The lowest BCUT2D eigenvalue weighted by Crippen LogP contribution is -2.12. The summed E-state index contributed by atoms with van der Waals surface area (Å²) >= 11 is 1.53. The molecule has 0 spiro atoms. The fourth-order valence-electron chi connectivity index (χ4n) is 3.29. The van der Waals surface area contributed by atoms with Gasteiger partial charge in [-0.2, -0.15) is 5.10 Å². The van der Waals surface area contributed by atoms with Gasteiger partial charge in [0.2, 0.25) is 0 Å². The molecule has 0 aliphatic rings. The second-order valence-electron chi connectivity index (χ2n) is 6.62. The van der Waals surface area contributed by atoms with E-state index in [4.69, 9.17) is 4.42 Å². The van der Waals surface area contributed by atoms with Gasteiger partial charge < -0.3 is 9.73 Å². The van der Waals surface area contributed by atoms with Crippen molar-refractivity contribution in [3.8, 4) is 22.0 Å². The van der Waals surface area contributed by atoms with E-state index in [9.17, 15) is 4.79 Å². The van der Waals surface area contributed by atoms with Gasteiger partial charge in [-0.15, -0.1) is 11.3 Å². The molecule has 5 rings (SSSR count). The predicted octanol–water partition coefficient (Wildman–Crippen LogP) is 5.16. The highest BCUT2D eigenvalue weighted by molar-refractivity contribution is 7.21. The van der Waals surface area contributed by atoms with E-state index in [1.807, 2.05) is 43.3 Å². The monoisotopic (exact) mass is 415 g/mol. The summed E-state index contributed by atoms with van der Waals surface area (Å²) in [7, 11) is 0. The molecule has 30 heavy (non-hydrogen) atoms. The molecule has 8 heteroatoms. The maximum atomic E-state index is 12.8. The number of thiazole rings is 1. The molecule has 4 heterocycles. The molecule has 5 aromatic rings. The highest BCUT2D eigenvalue weighted by atomic mass is 32.1. The molecular formula is C22H17N5O2S. The molecule has 0 fully saturated rings. The van der Waals surface area contributed by atoms with Crippen LogP contribution in [-0.4, -0.2) is 26.1 Å². The number of carbonyl (C=O) groups is 1. The van der Waals surface area contributed by atoms with Gasteiger partial charge in [0.1, 0.15) is 0 Å². The molecule has 0 aliphatic heterocycles. The third kappa shape index (κ3) is 3.27. The lowest BCUT2D eigenvalue weighted by molar-refractivity contribution is 0.0997. The summed E-state index contributed by atoms with van der Waals surface area (Å²) in [4.78, 5) is 21.4. The first-order valence-electron chi connectivity index (χ1n) is 9.47. The van der Waals surface area contributed by atoms with E-state index in [-0.39, 0.29) is 11.7 Å². The Morgan fingerprint density at radius 1 is 1.13 bits per heavy atom. The number of aromatic nitrogens is 4. The largest absolute Gasteiger partial charge is 0.448 e. The number of furan rings is 1. The number of rotatable bonds is 5. The fourth-order valence-corrected chi connectivity index (χ4v) is 4.22. The van der Waals surface area contributed by atoms with Crippen LogP contribution in [0.2, 0.25) is 0 Å². The first-order valence-corrected chi connectivity index (χ1v) is 10.3. The van der Waals surface area contributed by atoms with Gasteiger partial charge >= 0.3 is 0 Å². The number of nitrogens with one attached hydrogen (secondary N) is 2. The Morgan fingerprint density at radius 2 is 1.97 bits per heavy atom. The number of anilines is 1. The van der Waals surface area contributed by atoms with E-state index in [2.05, 4.69) is 25.5 Å². The van der Waals surface area contributed by atoms with E-state index in [0.29, 0.717) is 18.0 Å². The Hall–Kier alpha value is -3.78. The SMILES string of the molecule is CCc1c(NC(=O)c2ccc(-c3nc4ccccc4s3)o2)n[nH]c1-c1ccncc1. The number of para-hydroxylation sites is 1. The van der Waals surface area contributed by atoms with E-state index in [1.54, 1.807) is 24.5 Å². The highest BCUT2D eigenvalue weighted by Gasteiger charge is 2.19. The summed E-state index contributed by atoms with van der Waals surface area (Å²) in [5, 5.41) is 10.9. The van der Waals surface area contributed by atoms with Gasteiger partial charge in [0, 0.05) is 23.5 Å². The Morgan fingerprint density at radius 3 is 2.77 bits per heavy atom. The van der Waals surface area contributed by atoms with Crippen LogP contribution in [0.5, 0.6) is 0 Å². The van der Waals surface area contributed by atoms with Crippen LogP contribution in [0.4, 0.5) is 5.82 Å². The number of carbonyl (C=O) groups excluding carboxylic acids is 1. The minimum atomic E-state index is -0.357. The van der Waals surface area contributed by atoms with Crippen LogP contribution in [-0.2, 0) is 6.42 Å². The normalized spacial score (nSPS) is 11.1. The van der Waals surface area contributed by atoms with Crippen molar-refractivity contribution in [3.05, 3.63) is 72.2 Å². The number of amides is 1. The van der Waals surface area contributed by atoms with Crippen molar-refractivity contribution in [2.45, 2.75) is 13.3 Å². The van der Waals surface area contributed by atoms with Crippen molar-refractivity contribution in [3.63, 3.8) is 0 Å². The Kier molecular flexibility index (Phi) is 4.61. The molecule has 0 atom stereocenters. The van der Waals surface area contributed by atoms with Crippen LogP contribution < -0.4 is 5.32 Å². The maximum Gasteiger partial charge on any atom is 0.292 e. The molecule has 7 nitrogen and oxygen atoms in total. The van der Waals surface area contributed by atoms with Gasteiger partial charge in [-0.1, -0.05) is 19.1 Å². The maximum absolute atomic E-state index is 12.8. The zero-order chi connectivity index (χ0) is 20.5. The van der Waals surface area contributed by atoms with Crippen LogP contribution in [0, 0.1) is 0 Å². The summed E-state index contributed by atoms with van der Waals surface area (Å²) in [5.74, 6) is 0.911. The number of aromatic amines is 1. The number of fused-ring (bicyclic) bond motifs is 1. The zero-order valence-electron chi connectivity index (χ0n) is 16.0. The van der Waals surface area contributed by atoms with Crippen LogP contribution in [0.1, 0.15) is 23.0 Å². The van der Waals surface area contributed by atoms with Crippen molar-refractivity contribution in [2.24, 2.45) is 0 Å². The molecule has 148 valence electrons. The van der Waals surface area contributed by atoms with Crippen molar-refractivity contribution in [1.29, 1.82) is 0 Å². The van der Waals surface area contributed by atoms with E-state index in [0.717, 1.165) is 32.0 Å². The highest BCUT2D eigenvalue weighted by Crippen LogP contribution is 2.32. The molecule has 1 amide bonds. The number of H-pyrrole nitrogens is 1. The zero-order valence-corrected chi connectivity index (χ0v) is 16.9. The molecule has 2 N–H and O–H groups in total. The predicted molar refractivity (Wildman–Crippen MR) is 116 cm³/mol.